The number of hydrogen-bond acceptors (Lipinski definition) is 7. The van der Waals surface area contributed by atoms with Gasteiger partial charge in [0.1, 0.15) is 10.8 Å². The average Bonchev–Trinajstić information content (AvgIpc) is 3.30. The lowest BCUT2D eigenvalue weighted by Crippen LogP contribution is -2.45. The molecule has 2 aliphatic heterocycles. The number of anilines is 1. The van der Waals surface area contributed by atoms with E-state index in [1.54, 1.807) is 17.5 Å². The number of hydrogen-bond donors (Lipinski definition) is 0. The molecule has 0 atom stereocenters. The van der Waals surface area contributed by atoms with Crippen LogP contribution in [0.3, 0.4) is 0 Å². The molecular formula is C22H22N4O3S. The molecule has 7 nitrogen and oxygen atoms in total. The maximum atomic E-state index is 12.6. The van der Waals surface area contributed by atoms with Gasteiger partial charge in [-0.3, -0.25) is 14.7 Å². The molecule has 154 valence electrons. The van der Waals surface area contributed by atoms with Crippen LogP contribution in [0.15, 0.2) is 48.0 Å². The summed E-state index contributed by atoms with van der Waals surface area (Å²) in [5.74, 6) is 0.723. The molecule has 2 aromatic heterocycles. The molecule has 0 aliphatic carbocycles. The molecule has 3 aromatic rings. The Morgan fingerprint density at radius 3 is 2.80 bits per heavy atom. The van der Waals surface area contributed by atoms with Crippen LogP contribution in [0, 0.1) is 0 Å². The van der Waals surface area contributed by atoms with Crippen LogP contribution in [-0.4, -0.2) is 66.8 Å². The predicted octanol–water partition coefficient (Wildman–Crippen LogP) is 2.93. The number of rotatable bonds is 5. The van der Waals surface area contributed by atoms with Crippen LogP contribution in [0.1, 0.15) is 0 Å². The molecule has 4 heterocycles. The fourth-order valence-electron chi connectivity index (χ4n) is 3.69. The maximum Gasteiger partial charge on any atom is 0.265 e. The zero-order valence-electron chi connectivity index (χ0n) is 16.5. The van der Waals surface area contributed by atoms with Gasteiger partial charge in [0, 0.05) is 43.3 Å². The molecule has 1 fully saturated rings. The van der Waals surface area contributed by atoms with Crippen molar-refractivity contribution < 1.29 is 14.3 Å². The van der Waals surface area contributed by atoms with Crippen molar-refractivity contribution in [3.63, 3.8) is 0 Å². The zero-order valence-corrected chi connectivity index (χ0v) is 17.3. The quantitative estimate of drug-likeness (QED) is 0.630. The van der Waals surface area contributed by atoms with E-state index in [2.05, 4.69) is 9.88 Å². The highest BCUT2D eigenvalue weighted by Gasteiger charge is 2.27. The standard InChI is InChI=1S/C22H22N4O3S/c27-21-14-29-20-5-4-16(18-15-30-22(24-18)17-3-1-2-6-23-17)13-19(20)26(21)8-7-25-9-11-28-12-10-25/h1-6,13,15H,7-12,14H2. The number of carbonyl (C=O) groups is 1. The Morgan fingerprint density at radius 1 is 1.07 bits per heavy atom. The number of benzene rings is 1. The minimum atomic E-state index is -0.0136. The number of aromatic nitrogens is 2. The van der Waals surface area contributed by atoms with Gasteiger partial charge in [0.2, 0.25) is 0 Å². The smallest absolute Gasteiger partial charge is 0.265 e. The Labute approximate surface area is 178 Å². The lowest BCUT2D eigenvalue weighted by Gasteiger charge is -2.33. The molecule has 0 spiro atoms. The highest BCUT2D eigenvalue weighted by atomic mass is 32.1. The second-order valence-electron chi connectivity index (χ2n) is 7.22. The second kappa shape index (κ2) is 8.51. The SMILES string of the molecule is O=C1COc2ccc(-c3csc(-c4ccccn4)n3)cc2N1CCN1CCOCC1. The third-order valence-electron chi connectivity index (χ3n) is 5.33. The van der Waals surface area contributed by atoms with Gasteiger partial charge in [-0.25, -0.2) is 4.98 Å². The third-order valence-corrected chi connectivity index (χ3v) is 6.19. The maximum absolute atomic E-state index is 12.6. The number of morpholine rings is 1. The summed E-state index contributed by atoms with van der Waals surface area (Å²) in [7, 11) is 0. The fraction of sp³-hybridized carbons (Fsp3) is 0.318. The molecule has 0 radical (unpaired) electrons. The van der Waals surface area contributed by atoms with Crippen molar-refractivity contribution >= 4 is 22.9 Å². The first-order chi connectivity index (χ1) is 14.8. The van der Waals surface area contributed by atoms with E-state index in [4.69, 9.17) is 14.5 Å². The van der Waals surface area contributed by atoms with Crippen LogP contribution in [0.5, 0.6) is 5.75 Å². The zero-order chi connectivity index (χ0) is 20.3. The first-order valence-corrected chi connectivity index (χ1v) is 10.9. The number of thiazole rings is 1. The van der Waals surface area contributed by atoms with E-state index in [0.717, 1.165) is 66.2 Å². The van der Waals surface area contributed by atoms with Crippen molar-refractivity contribution in [1.29, 1.82) is 0 Å². The lowest BCUT2D eigenvalue weighted by molar-refractivity contribution is -0.121. The summed E-state index contributed by atoms with van der Waals surface area (Å²) >= 11 is 1.56. The van der Waals surface area contributed by atoms with Crippen molar-refractivity contribution in [3.8, 4) is 27.7 Å². The number of amides is 1. The van der Waals surface area contributed by atoms with Gasteiger partial charge in [-0.05, 0) is 30.3 Å². The summed E-state index contributed by atoms with van der Waals surface area (Å²) in [4.78, 5) is 25.9. The van der Waals surface area contributed by atoms with Crippen molar-refractivity contribution in [2.75, 3.05) is 50.9 Å². The highest BCUT2D eigenvalue weighted by molar-refractivity contribution is 7.13. The predicted molar refractivity (Wildman–Crippen MR) is 116 cm³/mol. The molecule has 0 bridgehead atoms. The molecule has 0 unspecified atom stereocenters. The molecule has 0 N–H and O–H groups in total. The van der Waals surface area contributed by atoms with Gasteiger partial charge < -0.3 is 14.4 Å². The van der Waals surface area contributed by atoms with Crippen molar-refractivity contribution in [2.24, 2.45) is 0 Å². The van der Waals surface area contributed by atoms with E-state index in [1.165, 1.54) is 0 Å². The Bertz CT molecular complexity index is 1030. The van der Waals surface area contributed by atoms with Crippen molar-refractivity contribution in [1.82, 2.24) is 14.9 Å². The molecule has 1 aromatic carbocycles. The summed E-state index contributed by atoms with van der Waals surface area (Å²) in [6.45, 7) is 4.84. The summed E-state index contributed by atoms with van der Waals surface area (Å²) in [5, 5.41) is 2.90. The van der Waals surface area contributed by atoms with E-state index in [-0.39, 0.29) is 12.5 Å². The fourth-order valence-corrected chi connectivity index (χ4v) is 4.49. The number of ether oxygens (including phenoxy) is 2. The van der Waals surface area contributed by atoms with E-state index in [0.29, 0.717) is 6.54 Å². The summed E-state index contributed by atoms with van der Waals surface area (Å²) in [6.07, 6.45) is 1.77. The van der Waals surface area contributed by atoms with Crippen LogP contribution in [0.4, 0.5) is 5.69 Å². The van der Waals surface area contributed by atoms with Gasteiger partial charge in [0.05, 0.1) is 30.3 Å². The average molecular weight is 423 g/mol. The monoisotopic (exact) mass is 422 g/mol. The van der Waals surface area contributed by atoms with E-state index >= 15 is 0 Å². The van der Waals surface area contributed by atoms with Crippen molar-refractivity contribution in [2.45, 2.75) is 0 Å². The van der Waals surface area contributed by atoms with Crippen molar-refractivity contribution in [3.05, 3.63) is 48.0 Å². The molecular weight excluding hydrogens is 400 g/mol. The first-order valence-electron chi connectivity index (χ1n) is 10.0. The molecule has 30 heavy (non-hydrogen) atoms. The Morgan fingerprint density at radius 2 is 1.97 bits per heavy atom. The Balaban J connectivity index is 1.39. The Hall–Kier alpha value is -2.81. The van der Waals surface area contributed by atoms with E-state index in [1.807, 2.05) is 46.7 Å². The Kier molecular flexibility index (Phi) is 5.44. The topological polar surface area (TPSA) is 67.8 Å². The minimum absolute atomic E-state index is 0.0136. The number of nitrogens with zero attached hydrogens (tertiary/aromatic N) is 4. The van der Waals surface area contributed by atoms with Gasteiger partial charge in [-0.1, -0.05) is 6.07 Å². The molecule has 1 amide bonds. The normalized spacial score (nSPS) is 16.9. The number of carbonyl (C=O) groups excluding carboxylic acids is 1. The van der Waals surface area contributed by atoms with E-state index in [9.17, 15) is 4.79 Å². The molecule has 8 heteroatoms. The van der Waals surface area contributed by atoms with Crippen LogP contribution >= 0.6 is 11.3 Å². The molecule has 1 saturated heterocycles. The number of fused-ring (bicyclic) bond motifs is 1. The van der Waals surface area contributed by atoms with Crippen LogP contribution in [0.25, 0.3) is 22.0 Å². The van der Waals surface area contributed by atoms with Gasteiger partial charge in [0.25, 0.3) is 5.91 Å². The highest BCUT2D eigenvalue weighted by Crippen LogP contribution is 2.37. The molecule has 5 rings (SSSR count). The van der Waals surface area contributed by atoms with Gasteiger partial charge in [-0.2, -0.15) is 0 Å². The van der Waals surface area contributed by atoms with Crippen LogP contribution < -0.4 is 9.64 Å². The molecule has 2 aliphatic rings. The first kappa shape index (κ1) is 19.2. The largest absolute Gasteiger partial charge is 0.482 e. The second-order valence-corrected chi connectivity index (χ2v) is 8.08. The van der Waals surface area contributed by atoms with Gasteiger partial charge in [0.15, 0.2) is 6.61 Å². The van der Waals surface area contributed by atoms with E-state index < -0.39 is 0 Å². The van der Waals surface area contributed by atoms with Crippen LogP contribution in [0.2, 0.25) is 0 Å². The lowest BCUT2D eigenvalue weighted by atomic mass is 10.1. The third kappa shape index (κ3) is 3.94. The summed E-state index contributed by atoms with van der Waals surface area (Å²) in [6, 6.07) is 11.7. The minimum Gasteiger partial charge on any atom is -0.482 e. The molecule has 0 saturated carbocycles. The van der Waals surface area contributed by atoms with Gasteiger partial charge >= 0.3 is 0 Å². The summed E-state index contributed by atoms with van der Waals surface area (Å²) < 4.78 is 11.1. The van der Waals surface area contributed by atoms with Gasteiger partial charge in [-0.15, -0.1) is 11.3 Å². The van der Waals surface area contributed by atoms with Crippen LogP contribution in [-0.2, 0) is 9.53 Å². The number of pyridine rings is 1. The summed E-state index contributed by atoms with van der Waals surface area (Å²) in [5.41, 5.74) is 3.50.